The van der Waals surface area contributed by atoms with E-state index in [-0.39, 0.29) is 0 Å². The second-order valence-corrected chi connectivity index (χ2v) is 8.50. The lowest BCUT2D eigenvalue weighted by molar-refractivity contribution is 0.0503. The van der Waals surface area contributed by atoms with E-state index in [1.54, 1.807) is 18.5 Å². The van der Waals surface area contributed by atoms with Gasteiger partial charge in [0.1, 0.15) is 0 Å². The molecule has 1 saturated heterocycles. The summed E-state index contributed by atoms with van der Waals surface area (Å²) in [6.45, 7) is 11.0. The number of hydrogen-bond acceptors (Lipinski definition) is 2. The van der Waals surface area contributed by atoms with E-state index in [2.05, 4.69) is 32.7 Å². The topological polar surface area (TPSA) is 12.5 Å². The SMILES string of the molecule is CCCCP(CCCC)CCCC.CN1CCOCC1. The van der Waals surface area contributed by atoms with Gasteiger partial charge in [-0.3, -0.25) is 0 Å². The first-order valence-corrected chi connectivity index (χ1v) is 10.6. The summed E-state index contributed by atoms with van der Waals surface area (Å²) in [6.07, 6.45) is 13.2. The van der Waals surface area contributed by atoms with Gasteiger partial charge in [-0.1, -0.05) is 40.0 Å². The fraction of sp³-hybridized carbons (Fsp3) is 1.00. The minimum atomic E-state index is 0.422. The van der Waals surface area contributed by atoms with E-state index in [9.17, 15) is 0 Å². The van der Waals surface area contributed by atoms with Crippen molar-refractivity contribution in [3.63, 3.8) is 0 Å². The van der Waals surface area contributed by atoms with E-state index in [0.717, 1.165) is 26.3 Å². The molecule has 1 aliphatic heterocycles. The van der Waals surface area contributed by atoms with Crippen molar-refractivity contribution < 1.29 is 4.74 Å². The molecule has 0 saturated carbocycles. The number of morpholine rings is 1. The van der Waals surface area contributed by atoms with Crippen molar-refractivity contribution >= 4 is 7.92 Å². The smallest absolute Gasteiger partial charge is 0.0594 e. The molecular formula is C17H38NOP. The lowest BCUT2D eigenvalue weighted by Gasteiger charge is -2.21. The first-order valence-electron chi connectivity index (χ1n) is 8.73. The molecule has 20 heavy (non-hydrogen) atoms. The predicted octanol–water partition coefficient (Wildman–Crippen LogP) is 4.82. The summed E-state index contributed by atoms with van der Waals surface area (Å²) in [7, 11) is 2.54. The van der Waals surface area contributed by atoms with Crippen molar-refractivity contribution in [3.8, 4) is 0 Å². The van der Waals surface area contributed by atoms with Gasteiger partial charge < -0.3 is 9.64 Å². The molecule has 2 nitrogen and oxygen atoms in total. The van der Waals surface area contributed by atoms with Crippen LogP contribution in [0, 0.1) is 0 Å². The van der Waals surface area contributed by atoms with Crippen LogP contribution in [-0.4, -0.2) is 56.7 Å². The number of nitrogens with zero attached hydrogens (tertiary/aromatic N) is 1. The van der Waals surface area contributed by atoms with Gasteiger partial charge in [-0.05, 0) is 44.8 Å². The van der Waals surface area contributed by atoms with Crippen LogP contribution in [0.15, 0.2) is 0 Å². The van der Waals surface area contributed by atoms with Crippen molar-refractivity contribution in [2.45, 2.75) is 59.3 Å². The van der Waals surface area contributed by atoms with E-state index in [0.29, 0.717) is 7.92 Å². The Morgan fingerprint density at radius 1 is 0.800 bits per heavy atom. The molecule has 1 aliphatic rings. The van der Waals surface area contributed by atoms with Crippen molar-refractivity contribution in [2.24, 2.45) is 0 Å². The molecule has 122 valence electrons. The van der Waals surface area contributed by atoms with E-state index < -0.39 is 0 Å². The first-order chi connectivity index (χ1) is 9.74. The zero-order chi connectivity index (χ0) is 15.1. The molecule has 1 rings (SSSR count). The van der Waals surface area contributed by atoms with Crippen LogP contribution in [0.25, 0.3) is 0 Å². The molecule has 1 fully saturated rings. The van der Waals surface area contributed by atoms with Gasteiger partial charge in [0.05, 0.1) is 13.2 Å². The third-order valence-electron chi connectivity index (χ3n) is 3.72. The van der Waals surface area contributed by atoms with Crippen LogP contribution < -0.4 is 0 Å². The van der Waals surface area contributed by atoms with Gasteiger partial charge >= 0.3 is 0 Å². The summed E-state index contributed by atoms with van der Waals surface area (Å²) in [5.74, 6) is 0. The summed E-state index contributed by atoms with van der Waals surface area (Å²) < 4.78 is 5.10. The van der Waals surface area contributed by atoms with Crippen molar-refractivity contribution in [2.75, 3.05) is 51.8 Å². The van der Waals surface area contributed by atoms with E-state index in [1.165, 1.54) is 38.5 Å². The first kappa shape index (κ1) is 20.3. The van der Waals surface area contributed by atoms with Gasteiger partial charge in [0.25, 0.3) is 0 Å². The Kier molecular flexibility index (Phi) is 16.0. The number of rotatable bonds is 9. The molecule has 0 N–H and O–H groups in total. The fourth-order valence-corrected chi connectivity index (χ4v) is 5.10. The highest BCUT2D eigenvalue weighted by molar-refractivity contribution is 7.57. The van der Waals surface area contributed by atoms with Crippen LogP contribution in [0.3, 0.4) is 0 Å². The number of unbranched alkanes of at least 4 members (excludes halogenated alkanes) is 3. The Balaban J connectivity index is 0.000000428. The average molecular weight is 303 g/mol. The summed E-state index contributed by atoms with van der Waals surface area (Å²) in [5.41, 5.74) is 0. The Morgan fingerprint density at radius 2 is 1.20 bits per heavy atom. The Bertz CT molecular complexity index is 165. The molecule has 1 heterocycles. The third kappa shape index (κ3) is 13.3. The van der Waals surface area contributed by atoms with Gasteiger partial charge in [-0.2, -0.15) is 0 Å². The van der Waals surface area contributed by atoms with Crippen molar-refractivity contribution in [1.29, 1.82) is 0 Å². The van der Waals surface area contributed by atoms with Crippen LogP contribution in [0.5, 0.6) is 0 Å². The Labute approximate surface area is 129 Å². The largest absolute Gasteiger partial charge is 0.379 e. The quantitative estimate of drug-likeness (QED) is 0.566. The highest BCUT2D eigenvalue weighted by atomic mass is 31.1. The van der Waals surface area contributed by atoms with Gasteiger partial charge in [-0.25, -0.2) is 0 Å². The van der Waals surface area contributed by atoms with Crippen molar-refractivity contribution in [3.05, 3.63) is 0 Å². The molecule has 0 spiro atoms. The van der Waals surface area contributed by atoms with E-state index in [1.807, 2.05) is 0 Å². The monoisotopic (exact) mass is 303 g/mol. The lowest BCUT2D eigenvalue weighted by atomic mass is 10.4. The van der Waals surface area contributed by atoms with Crippen molar-refractivity contribution in [1.82, 2.24) is 4.90 Å². The van der Waals surface area contributed by atoms with Gasteiger partial charge in [-0.15, -0.1) is 7.92 Å². The standard InChI is InChI=1S/C12H27P.C5H11NO/c1-4-7-10-13(11-8-5-2)12-9-6-3;1-6-2-4-7-5-3-6/h4-12H2,1-3H3;2-5H2,1H3. The maximum atomic E-state index is 5.10. The van der Waals surface area contributed by atoms with Crippen LogP contribution in [-0.2, 0) is 4.74 Å². The molecular weight excluding hydrogens is 265 g/mol. The van der Waals surface area contributed by atoms with Gasteiger partial charge in [0.2, 0.25) is 0 Å². The molecule has 0 aromatic carbocycles. The summed E-state index contributed by atoms with van der Waals surface area (Å²) in [4.78, 5) is 2.27. The van der Waals surface area contributed by atoms with E-state index >= 15 is 0 Å². The van der Waals surface area contributed by atoms with Gasteiger partial charge in [0, 0.05) is 13.1 Å². The van der Waals surface area contributed by atoms with Crippen LogP contribution >= 0.6 is 7.92 Å². The minimum absolute atomic E-state index is 0.422. The normalized spacial score (nSPS) is 16.1. The molecule has 0 aliphatic carbocycles. The average Bonchev–Trinajstić information content (AvgIpc) is 2.48. The van der Waals surface area contributed by atoms with Crippen LogP contribution in [0.4, 0.5) is 0 Å². The Morgan fingerprint density at radius 3 is 1.45 bits per heavy atom. The molecule has 0 amide bonds. The third-order valence-corrected chi connectivity index (χ3v) is 6.56. The number of hydrogen-bond donors (Lipinski definition) is 0. The molecule has 0 atom stereocenters. The maximum absolute atomic E-state index is 5.10. The fourth-order valence-electron chi connectivity index (χ4n) is 2.14. The highest BCUT2D eigenvalue weighted by Crippen LogP contribution is 2.38. The maximum Gasteiger partial charge on any atom is 0.0594 e. The molecule has 0 aromatic rings. The molecule has 0 aromatic heterocycles. The van der Waals surface area contributed by atoms with Crippen LogP contribution in [0.2, 0.25) is 0 Å². The predicted molar refractivity (Wildman–Crippen MR) is 94.6 cm³/mol. The number of likely N-dealkylation sites (N-methyl/N-ethyl adjacent to an activating group) is 1. The molecule has 0 radical (unpaired) electrons. The molecule has 3 heteroatoms. The summed E-state index contributed by atoms with van der Waals surface area (Å²) in [6, 6.07) is 0. The molecule has 0 unspecified atom stereocenters. The second-order valence-electron chi connectivity index (χ2n) is 5.82. The summed E-state index contributed by atoms with van der Waals surface area (Å²) in [5, 5.41) is 0. The Hall–Kier alpha value is 0.350. The van der Waals surface area contributed by atoms with E-state index in [4.69, 9.17) is 4.74 Å². The summed E-state index contributed by atoms with van der Waals surface area (Å²) >= 11 is 0. The van der Waals surface area contributed by atoms with Gasteiger partial charge in [0.15, 0.2) is 0 Å². The zero-order valence-corrected chi connectivity index (χ0v) is 15.4. The number of ether oxygens (including phenoxy) is 1. The zero-order valence-electron chi connectivity index (χ0n) is 14.5. The van der Waals surface area contributed by atoms with Crippen LogP contribution in [0.1, 0.15) is 59.3 Å². The molecule has 0 bridgehead atoms. The highest BCUT2D eigenvalue weighted by Gasteiger charge is 2.05. The lowest BCUT2D eigenvalue weighted by Crippen LogP contribution is -2.32. The minimum Gasteiger partial charge on any atom is -0.379 e. The second kappa shape index (κ2) is 15.7.